The molecule has 2 saturated heterocycles. The summed E-state index contributed by atoms with van der Waals surface area (Å²) in [6, 6.07) is 13.1. The van der Waals surface area contributed by atoms with Crippen LogP contribution in [-0.4, -0.2) is 59.6 Å². The zero-order chi connectivity index (χ0) is 24.4. The average molecular weight is 495 g/mol. The Morgan fingerprint density at radius 1 is 1.14 bits per heavy atom. The van der Waals surface area contributed by atoms with Crippen molar-refractivity contribution in [3.63, 3.8) is 0 Å². The third-order valence-electron chi connectivity index (χ3n) is 8.03. The molecular formula is C29H32ClFN2O2. The average Bonchev–Trinajstić information content (AvgIpc) is 3.24. The highest BCUT2D eigenvalue weighted by Gasteiger charge is 2.38. The van der Waals surface area contributed by atoms with Crippen LogP contribution in [-0.2, 0) is 10.2 Å². The van der Waals surface area contributed by atoms with Crippen molar-refractivity contribution in [3.05, 3.63) is 82.1 Å². The van der Waals surface area contributed by atoms with Gasteiger partial charge in [-0.1, -0.05) is 54.1 Å². The smallest absolute Gasteiger partial charge is 0.246 e. The van der Waals surface area contributed by atoms with E-state index in [4.69, 9.17) is 11.6 Å². The monoisotopic (exact) mass is 494 g/mol. The molecule has 2 aromatic carbocycles. The molecule has 1 spiro atoms. The minimum atomic E-state index is -0.472. The van der Waals surface area contributed by atoms with E-state index in [0.717, 1.165) is 38.8 Å². The van der Waals surface area contributed by atoms with Gasteiger partial charge in [0.15, 0.2) is 0 Å². The molecule has 5 rings (SSSR count). The predicted octanol–water partition coefficient (Wildman–Crippen LogP) is 5.15. The lowest BCUT2D eigenvalue weighted by atomic mass is 9.74. The van der Waals surface area contributed by atoms with E-state index < -0.39 is 5.82 Å². The molecule has 0 radical (unpaired) electrons. The number of allylic oxidation sites excluding steroid dienone is 1. The van der Waals surface area contributed by atoms with Crippen molar-refractivity contribution in [2.75, 3.05) is 32.7 Å². The zero-order valence-corrected chi connectivity index (χ0v) is 20.6. The highest BCUT2D eigenvalue weighted by atomic mass is 35.5. The maximum atomic E-state index is 13.3. The van der Waals surface area contributed by atoms with Gasteiger partial charge in [-0.2, -0.15) is 0 Å². The SMILES string of the molecule is O=C(/C=C/c1ccc(F)c(Cl)c1)N1CCC(C(O)CN2CCC3(C=Cc4ccccc43)CC2)CC1. The molecule has 0 saturated carbocycles. The first-order valence-corrected chi connectivity index (χ1v) is 12.9. The topological polar surface area (TPSA) is 43.8 Å². The fraction of sp³-hybridized carbons (Fsp3) is 0.414. The molecule has 0 bridgehead atoms. The second-order valence-corrected chi connectivity index (χ2v) is 10.5. The predicted molar refractivity (Wildman–Crippen MR) is 139 cm³/mol. The maximum absolute atomic E-state index is 13.3. The van der Waals surface area contributed by atoms with Crippen molar-refractivity contribution in [2.45, 2.75) is 37.2 Å². The number of carbonyl (C=O) groups is 1. The van der Waals surface area contributed by atoms with Gasteiger partial charge in [0.2, 0.25) is 5.91 Å². The number of β-amino-alcohol motifs (C(OH)–C–C–N with tert-alkyl or cyclic N) is 1. The van der Waals surface area contributed by atoms with Gasteiger partial charge >= 0.3 is 0 Å². The second kappa shape index (κ2) is 10.3. The van der Waals surface area contributed by atoms with E-state index in [9.17, 15) is 14.3 Å². The van der Waals surface area contributed by atoms with Gasteiger partial charge < -0.3 is 14.9 Å². The van der Waals surface area contributed by atoms with Gasteiger partial charge in [0.1, 0.15) is 5.82 Å². The number of aliphatic hydroxyl groups excluding tert-OH is 1. The number of nitrogens with zero attached hydrogens (tertiary/aromatic N) is 2. The zero-order valence-electron chi connectivity index (χ0n) is 19.9. The minimum Gasteiger partial charge on any atom is -0.392 e. The molecule has 35 heavy (non-hydrogen) atoms. The van der Waals surface area contributed by atoms with Crippen molar-refractivity contribution >= 4 is 29.7 Å². The van der Waals surface area contributed by atoms with Crippen LogP contribution in [0.3, 0.4) is 0 Å². The highest BCUT2D eigenvalue weighted by Crippen LogP contribution is 2.43. The van der Waals surface area contributed by atoms with Crippen LogP contribution < -0.4 is 0 Å². The molecule has 2 aromatic rings. The van der Waals surface area contributed by atoms with Crippen LogP contribution in [0.1, 0.15) is 42.4 Å². The molecule has 1 atom stereocenters. The normalized spacial score (nSPS) is 21.1. The summed E-state index contributed by atoms with van der Waals surface area (Å²) in [6.45, 7) is 3.96. The van der Waals surface area contributed by atoms with Crippen LogP contribution in [0.2, 0.25) is 5.02 Å². The summed E-state index contributed by atoms with van der Waals surface area (Å²) in [5, 5.41) is 11.0. The Morgan fingerprint density at radius 2 is 1.89 bits per heavy atom. The molecule has 2 aliphatic heterocycles. The van der Waals surface area contributed by atoms with Crippen molar-refractivity contribution in [1.82, 2.24) is 9.80 Å². The Balaban J connectivity index is 1.08. The molecule has 2 fully saturated rings. The third kappa shape index (κ3) is 5.23. The lowest BCUT2D eigenvalue weighted by molar-refractivity contribution is -0.128. The number of benzene rings is 2. The Labute approximate surface area is 211 Å². The first kappa shape index (κ1) is 24.2. The van der Waals surface area contributed by atoms with Gasteiger partial charge in [0.05, 0.1) is 11.1 Å². The summed E-state index contributed by atoms with van der Waals surface area (Å²) < 4.78 is 13.3. The molecule has 1 aliphatic carbocycles. The van der Waals surface area contributed by atoms with Gasteiger partial charge in [-0.25, -0.2) is 4.39 Å². The molecule has 1 unspecified atom stereocenters. The standard InChI is InChI=1S/C29H32ClFN2O2/c30-25-19-21(5-7-26(25)31)6-8-28(35)33-15-10-23(11-16-33)27(34)20-32-17-13-29(14-18-32)12-9-22-3-1-2-4-24(22)29/h1-9,12,19,23,27,34H,10-11,13-18,20H2/b8-6+. The highest BCUT2D eigenvalue weighted by molar-refractivity contribution is 6.30. The van der Waals surface area contributed by atoms with Gasteiger partial charge in [-0.15, -0.1) is 0 Å². The van der Waals surface area contributed by atoms with E-state index in [-0.39, 0.29) is 28.4 Å². The molecule has 3 aliphatic rings. The van der Waals surface area contributed by atoms with Crippen molar-refractivity contribution in [1.29, 1.82) is 0 Å². The number of fused-ring (bicyclic) bond motifs is 2. The van der Waals surface area contributed by atoms with Crippen LogP contribution in [0.5, 0.6) is 0 Å². The largest absolute Gasteiger partial charge is 0.392 e. The van der Waals surface area contributed by atoms with E-state index >= 15 is 0 Å². The number of amides is 1. The van der Waals surface area contributed by atoms with Gasteiger partial charge in [0, 0.05) is 31.1 Å². The number of hydrogen-bond acceptors (Lipinski definition) is 3. The van der Waals surface area contributed by atoms with Crippen LogP contribution in [0, 0.1) is 11.7 Å². The van der Waals surface area contributed by atoms with Crippen molar-refractivity contribution < 1.29 is 14.3 Å². The van der Waals surface area contributed by atoms with Crippen LogP contribution >= 0.6 is 11.6 Å². The Morgan fingerprint density at radius 3 is 2.63 bits per heavy atom. The fourth-order valence-corrected chi connectivity index (χ4v) is 6.00. The molecular weight excluding hydrogens is 463 g/mol. The van der Waals surface area contributed by atoms with Crippen molar-refractivity contribution in [2.24, 2.45) is 5.92 Å². The van der Waals surface area contributed by atoms with Gasteiger partial charge in [-0.05, 0) is 79.6 Å². The van der Waals surface area contributed by atoms with E-state index in [2.05, 4.69) is 41.3 Å². The summed E-state index contributed by atoms with van der Waals surface area (Å²) >= 11 is 5.81. The van der Waals surface area contributed by atoms with Gasteiger partial charge in [0.25, 0.3) is 0 Å². The lowest BCUT2D eigenvalue weighted by Crippen LogP contribution is -2.47. The minimum absolute atomic E-state index is 0.0443. The van der Waals surface area contributed by atoms with E-state index in [1.54, 1.807) is 12.1 Å². The quantitative estimate of drug-likeness (QED) is 0.584. The third-order valence-corrected chi connectivity index (χ3v) is 8.32. The van der Waals surface area contributed by atoms with E-state index in [0.29, 0.717) is 25.2 Å². The van der Waals surface area contributed by atoms with Crippen LogP contribution in [0.15, 0.2) is 54.6 Å². The fourth-order valence-electron chi connectivity index (χ4n) is 5.81. The summed E-state index contributed by atoms with van der Waals surface area (Å²) in [7, 11) is 0. The van der Waals surface area contributed by atoms with E-state index in [1.165, 1.54) is 29.3 Å². The summed E-state index contributed by atoms with van der Waals surface area (Å²) in [5.74, 6) is -0.327. The molecule has 1 amide bonds. The number of rotatable bonds is 5. The number of aliphatic hydroxyl groups is 1. The molecule has 0 aromatic heterocycles. The molecule has 1 N–H and O–H groups in total. The van der Waals surface area contributed by atoms with E-state index in [1.807, 2.05) is 4.90 Å². The summed E-state index contributed by atoms with van der Waals surface area (Å²) in [6.07, 6.45) is 11.2. The first-order chi connectivity index (χ1) is 16.9. The van der Waals surface area contributed by atoms with Crippen molar-refractivity contribution in [3.8, 4) is 0 Å². The number of piperidine rings is 2. The number of hydrogen-bond donors (Lipinski definition) is 1. The summed E-state index contributed by atoms with van der Waals surface area (Å²) in [4.78, 5) is 16.8. The lowest BCUT2D eigenvalue weighted by Gasteiger charge is -2.41. The molecule has 184 valence electrons. The van der Waals surface area contributed by atoms with Gasteiger partial charge in [-0.3, -0.25) is 4.79 Å². The Bertz CT molecular complexity index is 1130. The molecule has 6 heteroatoms. The summed E-state index contributed by atoms with van der Waals surface area (Å²) in [5.41, 5.74) is 3.65. The Hall–Kier alpha value is -2.47. The Kier molecular flexibility index (Phi) is 7.10. The first-order valence-electron chi connectivity index (χ1n) is 12.5. The second-order valence-electron chi connectivity index (χ2n) is 10.1. The number of likely N-dealkylation sites (tertiary alicyclic amines) is 2. The molecule has 2 heterocycles. The number of halogens is 2. The number of carbonyl (C=O) groups excluding carboxylic acids is 1. The van der Waals surface area contributed by atoms with Crippen LogP contribution in [0.25, 0.3) is 12.2 Å². The van der Waals surface area contributed by atoms with Crippen LogP contribution in [0.4, 0.5) is 4.39 Å². The molecule has 4 nitrogen and oxygen atoms in total. The maximum Gasteiger partial charge on any atom is 0.246 e.